The van der Waals surface area contributed by atoms with Gasteiger partial charge < -0.3 is 14.4 Å². The third kappa shape index (κ3) is 2.53. The number of para-hydroxylation sites is 2. The molecule has 0 saturated heterocycles. The van der Waals surface area contributed by atoms with Gasteiger partial charge in [0.2, 0.25) is 0 Å². The predicted molar refractivity (Wildman–Crippen MR) is 79.3 cm³/mol. The maximum atomic E-state index is 11.5. The highest BCUT2D eigenvalue weighted by Crippen LogP contribution is 2.40. The minimum Gasteiger partial charge on any atom is -0.481 e. The molecule has 0 radical (unpaired) electrons. The van der Waals surface area contributed by atoms with E-state index in [9.17, 15) is 9.90 Å². The van der Waals surface area contributed by atoms with Gasteiger partial charge in [0.1, 0.15) is 5.82 Å². The average molecular weight is 288 g/mol. The van der Waals surface area contributed by atoms with E-state index in [4.69, 9.17) is 9.72 Å². The van der Waals surface area contributed by atoms with Gasteiger partial charge in [-0.25, -0.2) is 4.98 Å². The Balaban J connectivity index is 2.06. The second-order valence-corrected chi connectivity index (χ2v) is 5.59. The van der Waals surface area contributed by atoms with Crippen molar-refractivity contribution in [3.8, 4) is 0 Å². The molecule has 1 N–H and O–H groups in total. The van der Waals surface area contributed by atoms with Crippen LogP contribution in [-0.4, -0.2) is 34.3 Å². The molecule has 21 heavy (non-hydrogen) atoms. The summed E-state index contributed by atoms with van der Waals surface area (Å²) in [6.45, 7) is 1.30. The normalized spacial score (nSPS) is 22.0. The molecule has 1 heterocycles. The fraction of sp³-hybridized carbons (Fsp3) is 0.500. The van der Waals surface area contributed by atoms with Crippen LogP contribution in [0.3, 0.4) is 0 Å². The molecule has 2 atom stereocenters. The second kappa shape index (κ2) is 5.85. The van der Waals surface area contributed by atoms with Gasteiger partial charge in [-0.3, -0.25) is 4.79 Å². The molecule has 1 aliphatic carbocycles. The van der Waals surface area contributed by atoms with Crippen molar-refractivity contribution < 1.29 is 14.6 Å². The van der Waals surface area contributed by atoms with Crippen LogP contribution in [0.1, 0.15) is 31.0 Å². The first-order chi connectivity index (χ1) is 10.2. The van der Waals surface area contributed by atoms with E-state index in [1.807, 2.05) is 24.3 Å². The number of carbonyl (C=O) groups is 1. The van der Waals surface area contributed by atoms with Crippen molar-refractivity contribution >= 4 is 17.0 Å². The number of aromatic nitrogens is 2. The monoisotopic (exact) mass is 288 g/mol. The summed E-state index contributed by atoms with van der Waals surface area (Å²) in [5.41, 5.74) is 1.99. The fourth-order valence-corrected chi connectivity index (χ4v) is 3.36. The van der Waals surface area contributed by atoms with Crippen LogP contribution >= 0.6 is 0 Å². The van der Waals surface area contributed by atoms with Gasteiger partial charge in [0, 0.05) is 19.6 Å². The molecule has 5 heteroatoms. The third-order valence-corrected chi connectivity index (χ3v) is 4.37. The van der Waals surface area contributed by atoms with E-state index in [0.717, 1.165) is 36.1 Å². The number of imidazole rings is 1. The Kier molecular flexibility index (Phi) is 3.92. The van der Waals surface area contributed by atoms with Gasteiger partial charge in [-0.1, -0.05) is 18.6 Å². The predicted octanol–water partition coefficient (Wildman–Crippen LogP) is 2.65. The van der Waals surface area contributed by atoms with Crippen molar-refractivity contribution in [3.05, 3.63) is 30.1 Å². The minimum absolute atomic E-state index is 0.00626. The number of fused-ring (bicyclic) bond motifs is 1. The molecule has 1 aliphatic rings. The SMILES string of the molecule is COCCn1c(C2CCCC2C(=O)O)nc2ccccc21. The largest absolute Gasteiger partial charge is 0.481 e. The number of benzene rings is 1. The van der Waals surface area contributed by atoms with E-state index in [0.29, 0.717) is 13.2 Å². The zero-order valence-electron chi connectivity index (χ0n) is 12.2. The molecule has 0 spiro atoms. The molecule has 0 amide bonds. The van der Waals surface area contributed by atoms with Gasteiger partial charge in [0.05, 0.1) is 23.6 Å². The van der Waals surface area contributed by atoms with E-state index in [2.05, 4.69) is 4.57 Å². The summed E-state index contributed by atoms with van der Waals surface area (Å²) in [5, 5.41) is 9.43. The van der Waals surface area contributed by atoms with Crippen molar-refractivity contribution in [2.45, 2.75) is 31.7 Å². The van der Waals surface area contributed by atoms with Crippen LogP contribution in [-0.2, 0) is 16.1 Å². The zero-order chi connectivity index (χ0) is 14.8. The highest BCUT2D eigenvalue weighted by molar-refractivity contribution is 5.77. The first-order valence-corrected chi connectivity index (χ1v) is 7.39. The molecule has 1 aromatic carbocycles. The molecule has 2 aromatic rings. The Morgan fingerprint density at radius 3 is 3.00 bits per heavy atom. The Bertz CT molecular complexity index is 650. The summed E-state index contributed by atoms with van der Waals surface area (Å²) in [6.07, 6.45) is 2.59. The van der Waals surface area contributed by atoms with Gasteiger partial charge in [-0.2, -0.15) is 0 Å². The number of methoxy groups -OCH3 is 1. The number of carboxylic acids is 1. The fourth-order valence-electron chi connectivity index (χ4n) is 3.36. The standard InChI is InChI=1S/C16H20N2O3/c1-21-10-9-18-14-8-3-2-7-13(14)17-15(18)11-5-4-6-12(11)16(19)20/h2-3,7-8,11-12H,4-6,9-10H2,1H3,(H,19,20). The average Bonchev–Trinajstić information content (AvgIpc) is 3.09. The maximum absolute atomic E-state index is 11.5. The van der Waals surface area contributed by atoms with Crippen molar-refractivity contribution in [2.75, 3.05) is 13.7 Å². The van der Waals surface area contributed by atoms with Gasteiger partial charge >= 0.3 is 5.97 Å². The molecule has 0 aliphatic heterocycles. The van der Waals surface area contributed by atoms with Crippen LogP contribution in [0.2, 0.25) is 0 Å². The molecule has 0 bridgehead atoms. The van der Waals surface area contributed by atoms with E-state index in [1.165, 1.54) is 0 Å². The van der Waals surface area contributed by atoms with Crippen molar-refractivity contribution in [3.63, 3.8) is 0 Å². The number of aliphatic carboxylic acids is 1. The van der Waals surface area contributed by atoms with Crippen LogP contribution in [0.4, 0.5) is 0 Å². The molecule has 5 nitrogen and oxygen atoms in total. The molecule has 1 aromatic heterocycles. The number of rotatable bonds is 5. The summed E-state index contributed by atoms with van der Waals surface area (Å²) < 4.78 is 7.32. The maximum Gasteiger partial charge on any atom is 0.307 e. The summed E-state index contributed by atoms with van der Waals surface area (Å²) in [6, 6.07) is 7.96. The molecule has 112 valence electrons. The smallest absolute Gasteiger partial charge is 0.307 e. The van der Waals surface area contributed by atoms with Gasteiger partial charge in [0.15, 0.2) is 0 Å². The molecule has 1 saturated carbocycles. The molecular weight excluding hydrogens is 268 g/mol. The summed E-state index contributed by atoms with van der Waals surface area (Å²) in [7, 11) is 1.68. The van der Waals surface area contributed by atoms with Crippen LogP contribution in [0, 0.1) is 5.92 Å². The summed E-state index contributed by atoms with van der Waals surface area (Å²) in [5.74, 6) is -0.115. The lowest BCUT2D eigenvalue weighted by Crippen LogP contribution is -2.21. The van der Waals surface area contributed by atoms with Gasteiger partial charge in [-0.15, -0.1) is 0 Å². The number of nitrogens with zero attached hydrogens (tertiary/aromatic N) is 2. The topological polar surface area (TPSA) is 64.3 Å². The first-order valence-electron chi connectivity index (χ1n) is 7.39. The number of carboxylic acid groups (broad SMARTS) is 1. The van der Waals surface area contributed by atoms with Gasteiger partial charge in [0.25, 0.3) is 0 Å². The highest BCUT2D eigenvalue weighted by Gasteiger charge is 2.37. The van der Waals surface area contributed by atoms with E-state index in [-0.39, 0.29) is 11.8 Å². The van der Waals surface area contributed by atoms with Crippen LogP contribution in [0.5, 0.6) is 0 Å². The number of ether oxygens (including phenoxy) is 1. The van der Waals surface area contributed by atoms with Crippen LogP contribution < -0.4 is 0 Å². The number of hydrogen-bond acceptors (Lipinski definition) is 3. The van der Waals surface area contributed by atoms with E-state index in [1.54, 1.807) is 7.11 Å². The lowest BCUT2D eigenvalue weighted by atomic mass is 9.95. The second-order valence-electron chi connectivity index (χ2n) is 5.59. The zero-order valence-corrected chi connectivity index (χ0v) is 12.2. The van der Waals surface area contributed by atoms with Crippen molar-refractivity contribution in [1.29, 1.82) is 0 Å². The van der Waals surface area contributed by atoms with E-state index < -0.39 is 5.97 Å². The van der Waals surface area contributed by atoms with Crippen molar-refractivity contribution in [1.82, 2.24) is 9.55 Å². The first kappa shape index (κ1) is 14.1. The third-order valence-electron chi connectivity index (χ3n) is 4.37. The Morgan fingerprint density at radius 2 is 2.24 bits per heavy atom. The molecule has 3 rings (SSSR count). The molecular formula is C16H20N2O3. The lowest BCUT2D eigenvalue weighted by molar-refractivity contribution is -0.142. The van der Waals surface area contributed by atoms with Gasteiger partial charge in [-0.05, 0) is 25.0 Å². The summed E-state index contributed by atoms with van der Waals surface area (Å²) >= 11 is 0. The Hall–Kier alpha value is -1.88. The summed E-state index contributed by atoms with van der Waals surface area (Å²) in [4.78, 5) is 16.2. The Morgan fingerprint density at radius 1 is 1.43 bits per heavy atom. The molecule has 2 unspecified atom stereocenters. The molecule has 1 fully saturated rings. The number of hydrogen-bond donors (Lipinski definition) is 1. The lowest BCUT2D eigenvalue weighted by Gasteiger charge is -2.17. The van der Waals surface area contributed by atoms with Crippen LogP contribution in [0.25, 0.3) is 11.0 Å². The minimum atomic E-state index is -0.706. The Labute approximate surface area is 123 Å². The van der Waals surface area contributed by atoms with Crippen molar-refractivity contribution in [2.24, 2.45) is 5.92 Å². The van der Waals surface area contributed by atoms with Crippen LogP contribution in [0.15, 0.2) is 24.3 Å². The quantitative estimate of drug-likeness (QED) is 0.918. The highest BCUT2D eigenvalue weighted by atomic mass is 16.5. The van der Waals surface area contributed by atoms with E-state index >= 15 is 0 Å².